The molecule has 0 aliphatic heterocycles. The lowest BCUT2D eigenvalue weighted by atomic mass is 10.2. The Morgan fingerprint density at radius 3 is 1.92 bits per heavy atom. The molecule has 1 aromatic rings. The third kappa shape index (κ3) is 2.97. The van der Waals surface area contributed by atoms with Gasteiger partial charge in [0.25, 0.3) is 0 Å². The van der Waals surface area contributed by atoms with Crippen LogP contribution in [0.4, 0.5) is 0 Å². The van der Waals surface area contributed by atoms with E-state index in [4.69, 9.17) is 0 Å². The number of carbonyl (C=O) groups is 1. The van der Waals surface area contributed by atoms with Crippen molar-refractivity contribution in [1.29, 1.82) is 0 Å². The molecule has 72 valence electrons. The number of rotatable bonds is 1. The van der Waals surface area contributed by atoms with E-state index in [1.54, 1.807) is 0 Å². The lowest BCUT2D eigenvalue weighted by Crippen LogP contribution is -2.41. The van der Waals surface area contributed by atoms with E-state index in [1.165, 1.54) is 0 Å². The first-order valence-electron chi connectivity index (χ1n) is 3.93. The highest BCUT2D eigenvalue weighted by Gasteiger charge is 2.21. The maximum atomic E-state index is 11.6. The zero-order valence-electron chi connectivity index (χ0n) is 8.19. The first-order valence-corrected chi connectivity index (χ1v) is 3.93. The Kier molecular flexibility index (Phi) is 3.78. The molecule has 13 heavy (non-hydrogen) atoms. The molecule has 1 rings (SSSR count). The molecular weight excluding hydrogens is 166 g/mol. The maximum Gasteiger partial charge on any atom is 0.345 e. The average Bonchev–Trinajstić information content (AvgIpc) is 2.03. The summed E-state index contributed by atoms with van der Waals surface area (Å²) < 4.78 is 0.337. The Balaban J connectivity index is 0.00000144. The van der Waals surface area contributed by atoms with Gasteiger partial charge < -0.3 is 5.48 Å². The number of amides is 1. The molecule has 1 amide bonds. The second-order valence-corrected chi connectivity index (χ2v) is 3.68. The van der Waals surface area contributed by atoms with Gasteiger partial charge >= 0.3 is 5.91 Å². The van der Waals surface area contributed by atoms with Gasteiger partial charge in [0.1, 0.15) is 0 Å². The van der Waals surface area contributed by atoms with Gasteiger partial charge in [0.2, 0.25) is 0 Å². The maximum absolute atomic E-state index is 11.6. The van der Waals surface area contributed by atoms with Crippen molar-refractivity contribution in [3.05, 3.63) is 35.9 Å². The summed E-state index contributed by atoms with van der Waals surface area (Å²) >= 11 is 0. The van der Waals surface area contributed by atoms with Crippen molar-refractivity contribution in [2.45, 2.75) is 0 Å². The van der Waals surface area contributed by atoms with E-state index in [9.17, 15) is 4.79 Å². The summed E-state index contributed by atoms with van der Waals surface area (Å²) in [6.45, 7) is 0. The molecule has 0 radical (unpaired) electrons. The van der Waals surface area contributed by atoms with Crippen molar-refractivity contribution < 1.29 is 14.8 Å². The van der Waals surface area contributed by atoms with Gasteiger partial charge in [-0.05, 0) is 12.1 Å². The van der Waals surface area contributed by atoms with Crippen molar-refractivity contribution in [1.82, 2.24) is 0 Å². The molecule has 3 nitrogen and oxygen atoms in total. The molecule has 1 N–H and O–H groups in total. The number of hydrogen-bond donors (Lipinski definition) is 0. The summed E-state index contributed by atoms with van der Waals surface area (Å²) in [4.78, 5) is 11.6. The van der Waals surface area contributed by atoms with Crippen LogP contribution in [0.3, 0.4) is 0 Å². The third-order valence-electron chi connectivity index (χ3n) is 1.63. The van der Waals surface area contributed by atoms with Crippen molar-refractivity contribution in [3.63, 3.8) is 0 Å². The molecule has 0 atom stereocenters. The summed E-state index contributed by atoms with van der Waals surface area (Å²) in [5.74, 6) is 0.135. The van der Waals surface area contributed by atoms with Crippen molar-refractivity contribution in [3.8, 4) is 0 Å². The van der Waals surface area contributed by atoms with Gasteiger partial charge in [-0.3, -0.25) is 4.48 Å². The average molecular weight is 181 g/mol. The summed E-state index contributed by atoms with van der Waals surface area (Å²) in [5, 5.41) is 0. The number of quaternary nitrogens is 1. The fourth-order valence-electron chi connectivity index (χ4n) is 0.968. The van der Waals surface area contributed by atoms with Gasteiger partial charge in [0.15, 0.2) is 0 Å². The van der Waals surface area contributed by atoms with E-state index >= 15 is 0 Å². The number of benzene rings is 1. The predicted octanol–water partition coefficient (Wildman–Crippen LogP) is 1.36. The largest absolute Gasteiger partial charge is 0.870 e. The molecule has 3 heteroatoms. The zero-order valence-corrected chi connectivity index (χ0v) is 8.19. The lowest BCUT2D eigenvalue weighted by molar-refractivity contribution is -0.785. The zero-order chi connectivity index (χ0) is 9.19. The second-order valence-electron chi connectivity index (χ2n) is 3.68. The van der Waals surface area contributed by atoms with Gasteiger partial charge in [0, 0.05) is 0 Å². The number of hydrogen-bond acceptors (Lipinski definition) is 2. The monoisotopic (exact) mass is 181 g/mol. The molecule has 0 spiro atoms. The van der Waals surface area contributed by atoms with E-state index < -0.39 is 0 Å². The Bertz CT molecular complexity index is 275. The standard InChI is InChI=1S/C10H14NO.H2O/c1-11(2,3)10(12)9-7-5-4-6-8-9;/h4-8H,1-3H3;1H2/q+1;/p-1. The number of nitrogens with zero attached hydrogens (tertiary/aromatic N) is 1. The van der Waals surface area contributed by atoms with Crippen molar-refractivity contribution >= 4 is 5.91 Å². The van der Waals surface area contributed by atoms with Crippen LogP contribution in [-0.4, -0.2) is 37.0 Å². The van der Waals surface area contributed by atoms with Crippen LogP contribution in [0.15, 0.2) is 30.3 Å². The Labute approximate surface area is 78.5 Å². The first kappa shape index (κ1) is 11.8. The summed E-state index contributed by atoms with van der Waals surface area (Å²) in [7, 11) is 5.61. The Hall–Kier alpha value is -1.19. The summed E-state index contributed by atoms with van der Waals surface area (Å²) in [5.41, 5.74) is 0.769. The van der Waals surface area contributed by atoms with Crippen molar-refractivity contribution in [2.75, 3.05) is 21.1 Å². The smallest absolute Gasteiger partial charge is 0.345 e. The van der Waals surface area contributed by atoms with Gasteiger partial charge in [-0.25, -0.2) is 4.79 Å². The highest BCUT2D eigenvalue weighted by atomic mass is 16.2. The lowest BCUT2D eigenvalue weighted by Gasteiger charge is -2.20. The second kappa shape index (κ2) is 4.16. The normalized spacial score (nSPS) is 10.4. The third-order valence-corrected chi connectivity index (χ3v) is 1.63. The molecule has 0 fully saturated rings. The molecule has 0 saturated carbocycles. The van der Waals surface area contributed by atoms with Crippen LogP contribution in [0.5, 0.6) is 0 Å². The van der Waals surface area contributed by atoms with Crippen LogP contribution in [0.1, 0.15) is 10.4 Å². The van der Waals surface area contributed by atoms with Crippen LogP contribution >= 0.6 is 0 Å². The molecule has 0 heterocycles. The molecule has 0 aliphatic carbocycles. The minimum atomic E-state index is 0. The van der Waals surface area contributed by atoms with Gasteiger partial charge in [-0.2, -0.15) is 0 Å². The molecular formula is C10H15NO2. The summed E-state index contributed by atoms with van der Waals surface area (Å²) in [6, 6.07) is 9.34. The van der Waals surface area contributed by atoms with Crippen molar-refractivity contribution in [2.24, 2.45) is 0 Å². The fourth-order valence-corrected chi connectivity index (χ4v) is 0.968. The quantitative estimate of drug-likeness (QED) is 0.614. The van der Waals surface area contributed by atoms with E-state index in [2.05, 4.69) is 0 Å². The molecule has 0 bridgehead atoms. The van der Waals surface area contributed by atoms with Crippen LogP contribution in [0.25, 0.3) is 0 Å². The molecule has 1 aromatic carbocycles. The Morgan fingerprint density at radius 2 is 1.54 bits per heavy atom. The summed E-state index contributed by atoms with van der Waals surface area (Å²) in [6.07, 6.45) is 0. The van der Waals surface area contributed by atoms with Crippen LogP contribution in [-0.2, 0) is 0 Å². The van der Waals surface area contributed by atoms with Gasteiger partial charge in [-0.15, -0.1) is 0 Å². The first-order chi connectivity index (χ1) is 5.52. The van der Waals surface area contributed by atoms with E-state index in [0.29, 0.717) is 4.48 Å². The SMILES string of the molecule is C[N+](C)(C)C(=O)c1ccccc1.[OH-]. The predicted molar refractivity (Wildman–Crippen MR) is 50.7 cm³/mol. The number of carbonyl (C=O) groups excluding carboxylic acids is 1. The fraction of sp³-hybridized carbons (Fsp3) is 0.300. The highest BCUT2D eigenvalue weighted by molar-refractivity contribution is 5.88. The molecule has 0 aromatic heterocycles. The van der Waals surface area contributed by atoms with Gasteiger partial charge in [0.05, 0.1) is 26.7 Å². The van der Waals surface area contributed by atoms with Crippen LogP contribution in [0, 0.1) is 0 Å². The minimum absolute atomic E-state index is 0. The minimum Gasteiger partial charge on any atom is -0.870 e. The molecule has 0 saturated heterocycles. The Morgan fingerprint density at radius 1 is 1.08 bits per heavy atom. The van der Waals surface area contributed by atoms with E-state index in [1.807, 2.05) is 51.5 Å². The highest BCUT2D eigenvalue weighted by Crippen LogP contribution is 2.05. The molecule has 0 aliphatic rings. The van der Waals surface area contributed by atoms with E-state index in [-0.39, 0.29) is 11.4 Å². The van der Waals surface area contributed by atoms with Crippen LogP contribution < -0.4 is 0 Å². The van der Waals surface area contributed by atoms with E-state index in [0.717, 1.165) is 5.56 Å². The van der Waals surface area contributed by atoms with Gasteiger partial charge in [-0.1, -0.05) is 18.2 Å². The topological polar surface area (TPSA) is 47.1 Å². The molecule has 0 unspecified atom stereocenters. The van der Waals surface area contributed by atoms with Crippen LogP contribution in [0.2, 0.25) is 0 Å².